The van der Waals surface area contributed by atoms with E-state index in [1.807, 2.05) is 69.3 Å². The molecule has 9 nitrogen and oxygen atoms in total. The van der Waals surface area contributed by atoms with Gasteiger partial charge in [0.1, 0.15) is 29.0 Å². The van der Waals surface area contributed by atoms with E-state index in [0.29, 0.717) is 28.5 Å². The maximum absolute atomic E-state index is 14.7. The van der Waals surface area contributed by atoms with Gasteiger partial charge in [0.15, 0.2) is 0 Å². The molecule has 10 heteroatoms. The summed E-state index contributed by atoms with van der Waals surface area (Å²) in [6.45, 7) is 9.52. The average Bonchev–Trinajstić information content (AvgIpc) is 3.61. The summed E-state index contributed by atoms with van der Waals surface area (Å²) in [4.78, 5) is 29.1. The fourth-order valence-corrected chi connectivity index (χ4v) is 9.70. The Morgan fingerprint density at radius 1 is 0.940 bits per heavy atom. The maximum atomic E-state index is 14.7. The van der Waals surface area contributed by atoms with Crippen LogP contribution in [0.1, 0.15) is 65.1 Å². The predicted molar refractivity (Wildman–Crippen MR) is 191 cm³/mol. The van der Waals surface area contributed by atoms with Crippen LogP contribution in [0.3, 0.4) is 0 Å². The Hall–Kier alpha value is -5.09. The van der Waals surface area contributed by atoms with Gasteiger partial charge in [-0.15, -0.1) is 0 Å². The summed E-state index contributed by atoms with van der Waals surface area (Å²) in [7, 11) is -4.20. The number of carbonyl (C=O) groups is 2. The third kappa shape index (κ3) is 5.61. The van der Waals surface area contributed by atoms with Crippen molar-refractivity contribution in [2.45, 2.75) is 81.4 Å². The van der Waals surface area contributed by atoms with Crippen LogP contribution in [0.15, 0.2) is 82.7 Å². The van der Waals surface area contributed by atoms with E-state index in [1.54, 1.807) is 38.1 Å². The Morgan fingerprint density at radius 2 is 1.56 bits per heavy atom. The molecule has 2 heterocycles. The smallest absolute Gasteiger partial charge is 0.407 e. The molecule has 1 aliphatic carbocycles. The zero-order chi connectivity index (χ0) is 35.5. The number of carboxylic acids is 1. The highest BCUT2D eigenvalue weighted by molar-refractivity contribution is 7.91. The van der Waals surface area contributed by atoms with Gasteiger partial charge < -0.3 is 24.9 Å². The number of hydrogen-bond donors (Lipinski definition) is 3. The lowest BCUT2D eigenvalue weighted by Gasteiger charge is -2.35. The van der Waals surface area contributed by atoms with Crippen LogP contribution >= 0.6 is 0 Å². The minimum absolute atomic E-state index is 0.00996. The largest absolute Gasteiger partial charge is 0.487 e. The van der Waals surface area contributed by atoms with Crippen LogP contribution in [0, 0.1) is 20.8 Å². The molecule has 2 aliphatic rings. The number of carboxylic acid groups (broad SMARTS) is 1. The van der Waals surface area contributed by atoms with Crippen LogP contribution in [-0.2, 0) is 32.2 Å². The summed E-state index contributed by atoms with van der Waals surface area (Å²) in [6, 6.07) is 21.5. The Balaban J connectivity index is 1.20. The van der Waals surface area contributed by atoms with Crippen molar-refractivity contribution in [3.05, 3.63) is 112 Å². The molecule has 0 saturated carbocycles. The first-order chi connectivity index (χ1) is 23.8. The number of alkyl carbamates (subject to hydrolysis) is 1. The molecule has 0 saturated heterocycles. The monoisotopic (exact) mass is 692 g/mol. The van der Waals surface area contributed by atoms with Gasteiger partial charge in [0.2, 0.25) is 9.84 Å². The Kier molecular flexibility index (Phi) is 8.25. The van der Waals surface area contributed by atoms with Gasteiger partial charge in [-0.05, 0) is 104 Å². The van der Waals surface area contributed by atoms with E-state index >= 15 is 0 Å². The molecule has 7 rings (SSSR count). The maximum Gasteiger partial charge on any atom is 0.407 e. The van der Waals surface area contributed by atoms with Crippen LogP contribution in [0.4, 0.5) is 4.79 Å². The van der Waals surface area contributed by atoms with Crippen LogP contribution < -0.4 is 10.1 Å². The fraction of sp³-hybridized carbons (Fsp3) is 0.300. The standard InChI is InChI=1S/C40H40N2O7S/c1-22-23(2)36(24(3)25-18-19-40(4,5)49-35(22)25)50(46,47)37-31(30-16-10-11-17-33(30)41-37)20-34(38(43)44)42-39(45)48-21-32-28-14-8-6-12-26(28)27-13-7-9-15-29(27)32/h6-17,32,34,41H,18-21H2,1-5H3,(H,42,45)(H,43,44). The van der Waals surface area contributed by atoms with Crippen LogP contribution in [0.2, 0.25) is 0 Å². The Labute approximate surface area is 291 Å². The third-order valence-electron chi connectivity index (χ3n) is 10.3. The molecule has 0 fully saturated rings. The topological polar surface area (TPSA) is 135 Å². The molecule has 258 valence electrons. The number of carbonyl (C=O) groups excluding carboxylic acids is 1. The molecular formula is C40H40N2O7S. The second-order valence-corrected chi connectivity index (χ2v) is 15.7. The lowest BCUT2D eigenvalue weighted by Crippen LogP contribution is -2.43. The van der Waals surface area contributed by atoms with Crippen LogP contribution in [-0.4, -0.2) is 48.8 Å². The zero-order valence-electron chi connectivity index (χ0n) is 28.7. The fourth-order valence-electron chi connectivity index (χ4n) is 7.65. The molecule has 1 atom stereocenters. The SMILES string of the molecule is Cc1c(C)c(S(=O)(=O)c2[nH]c3ccccc3c2CC(NC(=O)OCC2c3ccccc3-c3ccccc32)C(=O)O)c(C)c2c1OC(C)(C)CC2. The summed E-state index contributed by atoms with van der Waals surface area (Å²) in [5, 5.41) is 13.3. The van der Waals surface area contributed by atoms with Crippen molar-refractivity contribution >= 4 is 32.8 Å². The van der Waals surface area contributed by atoms with Crippen molar-refractivity contribution in [2.24, 2.45) is 0 Å². The van der Waals surface area contributed by atoms with Gasteiger partial charge in [0.25, 0.3) is 0 Å². The van der Waals surface area contributed by atoms with Crippen molar-refractivity contribution in [2.75, 3.05) is 6.61 Å². The summed E-state index contributed by atoms with van der Waals surface area (Å²) < 4.78 is 41.4. The summed E-state index contributed by atoms with van der Waals surface area (Å²) in [5.41, 5.74) is 7.48. The normalized spacial score (nSPS) is 15.5. The van der Waals surface area contributed by atoms with E-state index in [4.69, 9.17) is 9.47 Å². The number of rotatable bonds is 8. The molecule has 1 unspecified atom stereocenters. The molecule has 0 bridgehead atoms. The number of ether oxygens (including phenoxy) is 2. The molecule has 50 heavy (non-hydrogen) atoms. The summed E-state index contributed by atoms with van der Waals surface area (Å²) >= 11 is 0. The van der Waals surface area contributed by atoms with Gasteiger partial charge in [0.05, 0.1) is 4.90 Å². The van der Waals surface area contributed by atoms with Crippen LogP contribution in [0.25, 0.3) is 22.0 Å². The number of aliphatic carboxylic acids is 1. The van der Waals surface area contributed by atoms with Crippen molar-refractivity contribution in [1.29, 1.82) is 0 Å². The molecule has 0 radical (unpaired) electrons. The first kappa shape index (κ1) is 33.4. The van der Waals surface area contributed by atoms with Crippen molar-refractivity contribution in [3.8, 4) is 16.9 Å². The first-order valence-corrected chi connectivity index (χ1v) is 18.3. The minimum atomic E-state index is -4.20. The number of hydrogen-bond acceptors (Lipinski definition) is 6. The molecule has 1 amide bonds. The Morgan fingerprint density at radius 3 is 2.22 bits per heavy atom. The highest BCUT2D eigenvalue weighted by Crippen LogP contribution is 2.46. The number of aromatic amines is 1. The predicted octanol–water partition coefficient (Wildman–Crippen LogP) is 7.56. The molecule has 0 spiro atoms. The Bertz CT molecular complexity index is 2260. The molecular weight excluding hydrogens is 653 g/mol. The number of benzene rings is 4. The second kappa shape index (κ2) is 12.4. The van der Waals surface area contributed by atoms with Crippen molar-refractivity contribution in [1.82, 2.24) is 10.3 Å². The van der Waals surface area contributed by atoms with Crippen molar-refractivity contribution in [3.63, 3.8) is 0 Å². The van der Waals surface area contributed by atoms with Gasteiger partial charge >= 0.3 is 12.1 Å². The lowest BCUT2D eigenvalue weighted by molar-refractivity contribution is -0.139. The number of sulfone groups is 1. The second-order valence-electron chi connectivity index (χ2n) is 13.9. The van der Waals surface area contributed by atoms with Gasteiger partial charge in [-0.2, -0.15) is 0 Å². The number of amides is 1. The van der Waals surface area contributed by atoms with Gasteiger partial charge in [-0.25, -0.2) is 18.0 Å². The molecule has 3 N–H and O–H groups in total. The van der Waals surface area contributed by atoms with E-state index in [1.165, 1.54) is 0 Å². The van der Waals surface area contributed by atoms with Gasteiger partial charge in [-0.1, -0.05) is 66.7 Å². The van der Waals surface area contributed by atoms with E-state index in [9.17, 15) is 23.1 Å². The van der Waals surface area contributed by atoms with E-state index < -0.39 is 27.9 Å². The molecule has 1 aliphatic heterocycles. The summed E-state index contributed by atoms with van der Waals surface area (Å²) in [5.74, 6) is -0.793. The van der Waals surface area contributed by atoms with E-state index in [-0.39, 0.29) is 40.0 Å². The number of nitrogens with one attached hydrogen (secondary N) is 2. The van der Waals surface area contributed by atoms with E-state index in [2.05, 4.69) is 10.3 Å². The molecule has 5 aromatic rings. The zero-order valence-corrected chi connectivity index (χ0v) is 29.5. The van der Waals surface area contributed by atoms with Gasteiger partial charge in [0, 0.05) is 23.2 Å². The first-order valence-electron chi connectivity index (χ1n) is 16.8. The number of fused-ring (bicyclic) bond motifs is 5. The minimum Gasteiger partial charge on any atom is -0.487 e. The highest BCUT2D eigenvalue weighted by atomic mass is 32.2. The third-order valence-corrected chi connectivity index (χ3v) is 12.4. The molecule has 1 aromatic heterocycles. The average molecular weight is 693 g/mol. The number of aromatic nitrogens is 1. The quantitative estimate of drug-likeness (QED) is 0.153. The number of H-pyrrole nitrogens is 1. The van der Waals surface area contributed by atoms with Crippen LogP contribution in [0.5, 0.6) is 5.75 Å². The highest BCUT2D eigenvalue weighted by Gasteiger charge is 2.37. The van der Waals surface area contributed by atoms with Crippen molar-refractivity contribution < 1.29 is 32.6 Å². The van der Waals surface area contributed by atoms with Gasteiger partial charge in [-0.3, -0.25) is 0 Å². The van der Waals surface area contributed by atoms with E-state index in [0.717, 1.165) is 45.6 Å². The summed E-state index contributed by atoms with van der Waals surface area (Å²) in [6.07, 6.45) is 0.214. The lowest BCUT2D eigenvalue weighted by atomic mass is 9.88. The number of para-hydroxylation sites is 1. The molecule has 4 aromatic carbocycles.